The molecule has 20 heavy (non-hydrogen) atoms. The summed E-state index contributed by atoms with van der Waals surface area (Å²) in [6, 6.07) is 6.01. The zero-order valence-corrected chi connectivity index (χ0v) is 13.0. The topological polar surface area (TPSA) is 29.5 Å². The fourth-order valence-electron chi connectivity index (χ4n) is 2.36. The summed E-state index contributed by atoms with van der Waals surface area (Å²) in [5, 5.41) is 4.12. The van der Waals surface area contributed by atoms with Crippen molar-refractivity contribution in [2.75, 3.05) is 13.7 Å². The molecular weight excluding hydrogens is 290 g/mol. The first kappa shape index (κ1) is 13.8. The van der Waals surface area contributed by atoms with Crippen LogP contribution in [0.1, 0.15) is 39.1 Å². The number of carbonyl (C=O) groups excluding carboxylic acids is 1. The van der Waals surface area contributed by atoms with Crippen LogP contribution in [-0.4, -0.2) is 24.5 Å². The number of hydrogen-bond acceptors (Lipinski definition) is 4. The number of ether oxygens (including phenoxy) is 1. The van der Waals surface area contributed by atoms with E-state index in [1.165, 1.54) is 10.4 Å². The van der Waals surface area contributed by atoms with Crippen molar-refractivity contribution in [3.05, 3.63) is 44.3 Å². The van der Waals surface area contributed by atoms with Gasteiger partial charge in [0.15, 0.2) is 0 Å². The van der Waals surface area contributed by atoms with Crippen LogP contribution in [0.15, 0.2) is 29.0 Å². The highest BCUT2D eigenvalue weighted by molar-refractivity contribution is 7.14. The number of rotatable bonds is 4. The van der Waals surface area contributed by atoms with Gasteiger partial charge in [-0.05, 0) is 47.4 Å². The molecule has 3 nitrogen and oxygen atoms in total. The van der Waals surface area contributed by atoms with E-state index in [1.54, 1.807) is 27.6 Å². The van der Waals surface area contributed by atoms with Crippen molar-refractivity contribution in [2.24, 2.45) is 0 Å². The lowest BCUT2D eigenvalue weighted by Crippen LogP contribution is -2.25. The lowest BCUT2D eigenvalue weighted by Gasteiger charge is -2.15. The third-order valence-electron chi connectivity index (χ3n) is 3.43. The molecule has 0 saturated carbocycles. The summed E-state index contributed by atoms with van der Waals surface area (Å²) in [7, 11) is 1.85. The molecule has 106 valence electrons. The quantitative estimate of drug-likeness (QED) is 0.856. The van der Waals surface area contributed by atoms with Gasteiger partial charge in [-0.2, -0.15) is 11.3 Å². The Hall–Kier alpha value is -1.17. The Morgan fingerprint density at radius 1 is 1.45 bits per heavy atom. The Morgan fingerprint density at radius 3 is 3.05 bits per heavy atom. The van der Waals surface area contributed by atoms with Crippen LogP contribution in [0, 0.1) is 0 Å². The van der Waals surface area contributed by atoms with Crippen LogP contribution in [0.5, 0.6) is 0 Å². The van der Waals surface area contributed by atoms with Crippen molar-refractivity contribution in [2.45, 2.75) is 25.5 Å². The fraction of sp³-hybridized carbons (Fsp3) is 0.400. The predicted molar refractivity (Wildman–Crippen MR) is 82.4 cm³/mol. The van der Waals surface area contributed by atoms with Gasteiger partial charge in [0.05, 0.1) is 11.0 Å². The Labute approximate surface area is 126 Å². The molecule has 3 rings (SSSR count). The molecule has 1 aliphatic heterocycles. The molecule has 1 saturated heterocycles. The van der Waals surface area contributed by atoms with E-state index in [0.717, 1.165) is 24.3 Å². The van der Waals surface area contributed by atoms with Crippen LogP contribution in [0.3, 0.4) is 0 Å². The minimum absolute atomic E-state index is 0.0884. The predicted octanol–water partition coefficient (Wildman–Crippen LogP) is 3.93. The molecule has 1 fully saturated rings. The zero-order valence-electron chi connectivity index (χ0n) is 11.4. The summed E-state index contributed by atoms with van der Waals surface area (Å²) in [6.45, 7) is 1.50. The van der Waals surface area contributed by atoms with Gasteiger partial charge in [-0.1, -0.05) is 0 Å². The smallest absolute Gasteiger partial charge is 0.263 e. The van der Waals surface area contributed by atoms with Crippen LogP contribution in [-0.2, 0) is 11.3 Å². The molecule has 0 N–H and O–H groups in total. The maximum atomic E-state index is 12.4. The normalized spacial score (nSPS) is 18.4. The minimum Gasteiger partial charge on any atom is -0.373 e. The van der Waals surface area contributed by atoms with Crippen molar-refractivity contribution in [3.63, 3.8) is 0 Å². The molecular formula is C15H17NO2S2. The van der Waals surface area contributed by atoms with Gasteiger partial charge in [-0.3, -0.25) is 4.79 Å². The summed E-state index contributed by atoms with van der Waals surface area (Å²) in [5.74, 6) is 0.0884. The second-order valence-corrected chi connectivity index (χ2v) is 6.89. The van der Waals surface area contributed by atoms with E-state index >= 15 is 0 Å². The Kier molecular flexibility index (Phi) is 4.19. The van der Waals surface area contributed by atoms with Crippen molar-refractivity contribution >= 4 is 28.6 Å². The number of nitrogens with zero attached hydrogens (tertiary/aromatic N) is 1. The molecule has 0 spiro atoms. The highest BCUT2D eigenvalue weighted by Crippen LogP contribution is 2.33. The average Bonchev–Trinajstić information content (AvgIpc) is 3.18. The van der Waals surface area contributed by atoms with Crippen molar-refractivity contribution in [1.29, 1.82) is 0 Å². The van der Waals surface area contributed by atoms with E-state index in [9.17, 15) is 4.79 Å². The molecule has 1 amide bonds. The van der Waals surface area contributed by atoms with Crippen molar-refractivity contribution < 1.29 is 9.53 Å². The second-order valence-electron chi connectivity index (χ2n) is 5.00. The molecule has 0 aliphatic carbocycles. The molecule has 0 aromatic carbocycles. The van der Waals surface area contributed by atoms with Crippen LogP contribution < -0.4 is 0 Å². The van der Waals surface area contributed by atoms with Gasteiger partial charge in [-0.25, -0.2) is 0 Å². The first-order valence-corrected chi connectivity index (χ1v) is 8.48. The standard InChI is InChI=1S/C15H17NO2S2/c1-16(9-11-6-8-19-10-11)15(17)14-5-4-13(20-14)12-3-2-7-18-12/h4-6,8,10,12H,2-3,7,9H2,1H3. The van der Waals surface area contributed by atoms with E-state index in [4.69, 9.17) is 4.74 Å². The van der Waals surface area contributed by atoms with Crippen LogP contribution in [0.4, 0.5) is 0 Å². The van der Waals surface area contributed by atoms with Crippen molar-refractivity contribution in [1.82, 2.24) is 4.90 Å². The Balaban J connectivity index is 1.67. The van der Waals surface area contributed by atoms with E-state index in [-0.39, 0.29) is 12.0 Å². The molecule has 1 aliphatic rings. The van der Waals surface area contributed by atoms with E-state index < -0.39 is 0 Å². The van der Waals surface area contributed by atoms with Crippen molar-refractivity contribution in [3.8, 4) is 0 Å². The lowest BCUT2D eigenvalue weighted by atomic mass is 10.2. The summed E-state index contributed by atoms with van der Waals surface area (Å²) < 4.78 is 5.66. The second kappa shape index (κ2) is 6.08. The fourth-order valence-corrected chi connectivity index (χ4v) is 4.11. The highest BCUT2D eigenvalue weighted by atomic mass is 32.1. The SMILES string of the molecule is CN(Cc1ccsc1)C(=O)c1ccc(C2CCCO2)s1. The third-order valence-corrected chi connectivity index (χ3v) is 5.33. The number of hydrogen-bond donors (Lipinski definition) is 0. The Bertz CT molecular complexity index is 570. The minimum atomic E-state index is 0.0884. The molecule has 1 atom stereocenters. The zero-order chi connectivity index (χ0) is 13.9. The molecule has 5 heteroatoms. The number of thiophene rings is 2. The average molecular weight is 307 g/mol. The van der Waals surface area contributed by atoms with Gasteiger partial charge >= 0.3 is 0 Å². The first-order valence-electron chi connectivity index (χ1n) is 6.72. The van der Waals surface area contributed by atoms with Crippen LogP contribution >= 0.6 is 22.7 Å². The third kappa shape index (κ3) is 2.95. The van der Waals surface area contributed by atoms with E-state index in [2.05, 4.69) is 11.4 Å². The maximum absolute atomic E-state index is 12.4. The van der Waals surface area contributed by atoms with E-state index in [0.29, 0.717) is 6.54 Å². The van der Waals surface area contributed by atoms with E-state index in [1.807, 2.05) is 24.6 Å². The first-order chi connectivity index (χ1) is 9.74. The molecule has 3 heterocycles. The van der Waals surface area contributed by atoms with Gasteiger partial charge in [0, 0.05) is 25.1 Å². The maximum Gasteiger partial charge on any atom is 0.263 e. The molecule has 2 aromatic rings. The van der Waals surface area contributed by atoms with Crippen LogP contribution in [0.2, 0.25) is 0 Å². The van der Waals surface area contributed by atoms with Gasteiger partial charge in [0.2, 0.25) is 0 Å². The summed E-state index contributed by atoms with van der Waals surface area (Å²) in [6.07, 6.45) is 2.38. The highest BCUT2D eigenvalue weighted by Gasteiger charge is 2.22. The van der Waals surface area contributed by atoms with Gasteiger partial charge in [0.1, 0.15) is 0 Å². The summed E-state index contributed by atoms with van der Waals surface area (Å²) in [4.78, 5) is 16.1. The molecule has 1 unspecified atom stereocenters. The van der Waals surface area contributed by atoms with Crippen LogP contribution in [0.25, 0.3) is 0 Å². The molecule has 0 radical (unpaired) electrons. The monoisotopic (exact) mass is 307 g/mol. The summed E-state index contributed by atoms with van der Waals surface area (Å²) >= 11 is 3.22. The Morgan fingerprint density at radius 2 is 2.35 bits per heavy atom. The summed E-state index contributed by atoms with van der Waals surface area (Å²) in [5.41, 5.74) is 1.18. The van der Waals surface area contributed by atoms with Gasteiger partial charge in [0.25, 0.3) is 5.91 Å². The lowest BCUT2D eigenvalue weighted by molar-refractivity contribution is 0.0790. The van der Waals surface area contributed by atoms with Gasteiger partial charge < -0.3 is 9.64 Å². The number of amides is 1. The van der Waals surface area contributed by atoms with Gasteiger partial charge in [-0.15, -0.1) is 11.3 Å². The molecule has 0 bridgehead atoms. The molecule has 2 aromatic heterocycles. The largest absolute Gasteiger partial charge is 0.373 e. The number of carbonyl (C=O) groups is 1.